The molecule has 3 rings (SSSR count). The molecule has 1 N–H and O–H groups in total. The Kier molecular flexibility index (Phi) is 5.36. The molecular weight excluding hydrogens is 358 g/mol. The van der Waals surface area contributed by atoms with E-state index in [0.29, 0.717) is 40.1 Å². The van der Waals surface area contributed by atoms with Crippen molar-refractivity contribution in [2.75, 3.05) is 0 Å². The monoisotopic (exact) mass is 373 g/mol. The first-order chi connectivity index (χ1) is 12.1. The standard InChI is InChI=1S/C19H16ClNO3S/c1-2-15-17(19(22)23)25-18(21-15)14-10-13(20)8-9-16(14)24-11-12-6-4-3-5-7-12/h3-10H,2,11H2,1H3,(H,22,23). The minimum absolute atomic E-state index is 0.256. The molecule has 0 amide bonds. The number of aryl methyl sites for hydroxylation is 1. The summed E-state index contributed by atoms with van der Waals surface area (Å²) < 4.78 is 5.94. The molecule has 0 aliphatic rings. The third kappa shape index (κ3) is 4.00. The van der Waals surface area contributed by atoms with Crippen LogP contribution in [0.4, 0.5) is 0 Å². The van der Waals surface area contributed by atoms with E-state index in [1.165, 1.54) is 0 Å². The molecule has 1 aromatic heterocycles. The van der Waals surface area contributed by atoms with Crippen molar-refractivity contribution in [1.82, 2.24) is 4.98 Å². The number of aromatic nitrogens is 1. The predicted octanol–water partition coefficient (Wildman–Crippen LogP) is 5.30. The summed E-state index contributed by atoms with van der Waals surface area (Å²) in [6.45, 7) is 2.29. The van der Waals surface area contributed by atoms with Crippen LogP contribution in [0.15, 0.2) is 48.5 Å². The van der Waals surface area contributed by atoms with Crippen LogP contribution in [0.2, 0.25) is 5.02 Å². The largest absolute Gasteiger partial charge is 0.488 e. The molecule has 0 spiro atoms. The van der Waals surface area contributed by atoms with Crippen LogP contribution in [0.1, 0.15) is 27.9 Å². The summed E-state index contributed by atoms with van der Waals surface area (Å²) in [4.78, 5) is 16.1. The molecule has 0 aliphatic heterocycles. The van der Waals surface area contributed by atoms with Gasteiger partial charge >= 0.3 is 5.97 Å². The number of rotatable bonds is 6. The molecule has 0 saturated carbocycles. The number of carbonyl (C=O) groups is 1. The molecule has 0 aliphatic carbocycles. The third-order valence-electron chi connectivity index (χ3n) is 3.64. The number of hydrogen-bond donors (Lipinski definition) is 1. The van der Waals surface area contributed by atoms with Gasteiger partial charge in [0.1, 0.15) is 22.2 Å². The Morgan fingerprint density at radius 2 is 2.00 bits per heavy atom. The van der Waals surface area contributed by atoms with Gasteiger partial charge in [0, 0.05) is 5.02 Å². The zero-order valence-corrected chi connectivity index (χ0v) is 15.1. The molecule has 0 fully saturated rings. The van der Waals surface area contributed by atoms with Crippen LogP contribution in [0.3, 0.4) is 0 Å². The number of nitrogens with zero attached hydrogens (tertiary/aromatic N) is 1. The molecule has 6 heteroatoms. The highest BCUT2D eigenvalue weighted by Gasteiger charge is 2.19. The van der Waals surface area contributed by atoms with E-state index in [2.05, 4.69) is 4.98 Å². The maximum absolute atomic E-state index is 11.4. The van der Waals surface area contributed by atoms with Gasteiger partial charge in [0.2, 0.25) is 0 Å². The molecule has 0 saturated heterocycles. The first-order valence-electron chi connectivity index (χ1n) is 7.78. The van der Waals surface area contributed by atoms with Crippen molar-refractivity contribution in [3.63, 3.8) is 0 Å². The second kappa shape index (κ2) is 7.68. The maximum Gasteiger partial charge on any atom is 0.347 e. The SMILES string of the molecule is CCc1nc(-c2cc(Cl)ccc2OCc2ccccc2)sc1C(=O)O. The Hall–Kier alpha value is -2.37. The number of benzene rings is 2. The fraction of sp³-hybridized carbons (Fsp3) is 0.158. The Balaban J connectivity index is 1.95. The van der Waals surface area contributed by atoms with Crippen LogP contribution < -0.4 is 4.74 Å². The van der Waals surface area contributed by atoms with Gasteiger partial charge in [-0.2, -0.15) is 0 Å². The van der Waals surface area contributed by atoms with Crippen LogP contribution in [0.25, 0.3) is 10.6 Å². The van der Waals surface area contributed by atoms with Crippen LogP contribution in [-0.4, -0.2) is 16.1 Å². The molecule has 0 atom stereocenters. The fourth-order valence-corrected chi connectivity index (χ4v) is 3.59. The average Bonchev–Trinajstić information content (AvgIpc) is 3.06. The van der Waals surface area contributed by atoms with E-state index in [1.807, 2.05) is 37.3 Å². The smallest absolute Gasteiger partial charge is 0.347 e. The number of hydrogen-bond acceptors (Lipinski definition) is 4. The molecule has 25 heavy (non-hydrogen) atoms. The molecule has 1 heterocycles. The summed E-state index contributed by atoms with van der Waals surface area (Å²) in [5, 5.41) is 10.5. The number of aromatic carboxylic acids is 1. The summed E-state index contributed by atoms with van der Waals surface area (Å²) in [6.07, 6.45) is 0.554. The molecule has 0 bridgehead atoms. The minimum Gasteiger partial charge on any atom is -0.488 e. The van der Waals surface area contributed by atoms with Gasteiger partial charge in [0.05, 0.1) is 11.3 Å². The van der Waals surface area contributed by atoms with Crippen molar-refractivity contribution in [3.05, 3.63) is 69.7 Å². The van der Waals surface area contributed by atoms with Gasteiger partial charge in [-0.1, -0.05) is 48.9 Å². The molecule has 4 nitrogen and oxygen atoms in total. The maximum atomic E-state index is 11.4. The van der Waals surface area contributed by atoms with Crippen molar-refractivity contribution in [1.29, 1.82) is 0 Å². The van der Waals surface area contributed by atoms with Crippen LogP contribution in [-0.2, 0) is 13.0 Å². The summed E-state index contributed by atoms with van der Waals surface area (Å²) in [7, 11) is 0. The van der Waals surface area contributed by atoms with Gasteiger partial charge in [0.15, 0.2) is 0 Å². The van der Waals surface area contributed by atoms with E-state index in [4.69, 9.17) is 16.3 Å². The number of carboxylic acid groups (broad SMARTS) is 1. The van der Waals surface area contributed by atoms with Crippen LogP contribution in [0, 0.1) is 0 Å². The average molecular weight is 374 g/mol. The molecule has 2 aromatic carbocycles. The number of halogens is 1. The lowest BCUT2D eigenvalue weighted by molar-refractivity contribution is 0.0701. The summed E-state index contributed by atoms with van der Waals surface area (Å²) in [5.41, 5.74) is 2.32. The fourth-order valence-electron chi connectivity index (χ4n) is 2.40. The summed E-state index contributed by atoms with van der Waals surface area (Å²) >= 11 is 7.27. The summed E-state index contributed by atoms with van der Waals surface area (Å²) in [6, 6.07) is 15.1. The number of ether oxygens (including phenoxy) is 1. The molecule has 3 aromatic rings. The highest BCUT2D eigenvalue weighted by molar-refractivity contribution is 7.17. The Morgan fingerprint density at radius 1 is 1.24 bits per heavy atom. The molecule has 128 valence electrons. The van der Waals surface area contributed by atoms with Gasteiger partial charge in [-0.25, -0.2) is 9.78 Å². The van der Waals surface area contributed by atoms with Crippen molar-refractivity contribution >= 4 is 28.9 Å². The molecule has 0 radical (unpaired) electrons. The topological polar surface area (TPSA) is 59.4 Å². The minimum atomic E-state index is -0.964. The Bertz CT molecular complexity index is 893. The Labute approximate surface area is 154 Å². The second-order valence-corrected chi connectivity index (χ2v) is 6.80. The van der Waals surface area contributed by atoms with Gasteiger partial charge in [-0.05, 0) is 30.2 Å². The first-order valence-corrected chi connectivity index (χ1v) is 8.97. The normalized spacial score (nSPS) is 10.6. The van der Waals surface area contributed by atoms with E-state index in [-0.39, 0.29) is 4.88 Å². The lowest BCUT2D eigenvalue weighted by atomic mass is 10.2. The van der Waals surface area contributed by atoms with Gasteiger partial charge in [-0.3, -0.25) is 0 Å². The lowest BCUT2D eigenvalue weighted by Gasteiger charge is -2.10. The zero-order valence-electron chi connectivity index (χ0n) is 13.5. The second-order valence-electron chi connectivity index (χ2n) is 5.37. The highest BCUT2D eigenvalue weighted by Crippen LogP contribution is 2.37. The molecular formula is C19H16ClNO3S. The van der Waals surface area contributed by atoms with Crippen molar-refractivity contribution in [3.8, 4) is 16.3 Å². The van der Waals surface area contributed by atoms with Crippen molar-refractivity contribution in [2.45, 2.75) is 20.0 Å². The number of thiazole rings is 1. The van der Waals surface area contributed by atoms with Crippen molar-refractivity contribution in [2.24, 2.45) is 0 Å². The van der Waals surface area contributed by atoms with E-state index in [9.17, 15) is 9.90 Å². The van der Waals surface area contributed by atoms with Crippen LogP contribution >= 0.6 is 22.9 Å². The van der Waals surface area contributed by atoms with Crippen molar-refractivity contribution < 1.29 is 14.6 Å². The zero-order chi connectivity index (χ0) is 17.8. The van der Waals surface area contributed by atoms with Gasteiger partial charge < -0.3 is 9.84 Å². The lowest BCUT2D eigenvalue weighted by Crippen LogP contribution is -1.97. The van der Waals surface area contributed by atoms with E-state index >= 15 is 0 Å². The summed E-state index contributed by atoms with van der Waals surface area (Å²) in [5.74, 6) is -0.337. The van der Waals surface area contributed by atoms with Gasteiger partial charge in [-0.15, -0.1) is 11.3 Å². The predicted molar refractivity (Wildman–Crippen MR) is 99.7 cm³/mol. The first kappa shape index (κ1) is 17.5. The van der Waals surface area contributed by atoms with E-state index in [1.54, 1.807) is 18.2 Å². The van der Waals surface area contributed by atoms with Gasteiger partial charge in [0.25, 0.3) is 0 Å². The van der Waals surface area contributed by atoms with E-state index < -0.39 is 5.97 Å². The van der Waals surface area contributed by atoms with Crippen LogP contribution in [0.5, 0.6) is 5.75 Å². The molecule has 0 unspecified atom stereocenters. The quantitative estimate of drug-likeness (QED) is 0.636. The number of carboxylic acids is 1. The third-order valence-corrected chi connectivity index (χ3v) is 4.99. The Morgan fingerprint density at radius 3 is 2.64 bits per heavy atom. The van der Waals surface area contributed by atoms with E-state index in [0.717, 1.165) is 16.9 Å². The highest BCUT2D eigenvalue weighted by atomic mass is 35.5.